The topological polar surface area (TPSA) is 51.8 Å². The summed E-state index contributed by atoms with van der Waals surface area (Å²) in [4.78, 5) is 21.7. The van der Waals surface area contributed by atoms with Gasteiger partial charge < -0.3 is 19.5 Å². The molecule has 3 rings (SSSR count). The lowest BCUT2D eigenvalue weighted by molar-refractivity contribution is -0.103. The van der Waals surface area contributed by atoms with Crippen molar-refractivity contribution in [3.63, 3.8) is 0 Å². The number of hydrogen-bond acceptors (Lipinski definition) is 4. The summed E-state index contributed by atoms with van der Waals surface area (Å²) in [6, 6.07) is 4.35. The molecule has 2 fully saturated rings. The van der Waals surface area contributed by atoms with Gasteiger partial charge in [0.2, 0.25) is 0 Å². The van der Waals surface area contributed by atoms with Gasteiger partial charge in [0.25, 0.3) is 5.91 Å². The van der Waals surface area contributed by atoms with E-state index in [4.69, 9.17) is 4.74 Å². The zero-order valence-corrected chi connectivity index (χ0v) is 13.7. The first kappa shape index (κ1) is 15.5. The quantitative estimate of drug-likeness (QED) is 0.889. The molecular weight excluding hydrogens is 280 g/mol. The van der Waals surface area contributed by atoms with Gasteiger partial charge in [-0.15, -0.1) is 0 Å². The molecule has 0 radical (unpaired) electrons. The SMILES string of the molecule is CN1CCC2OCCN(Cc3ccc(C(=O)N(C)C)[nH]3)C2C1. The molecule has 2 saturated heterocycles. The Morgan fingerprint density at radius 1 is 1.41 bits per heavy atom. The summed E-state index contributed by atoms with van der Waals surface area (Å²) in [5.41, 5.74) is 1.75. The monoisotopic (exact) mass is 306 g/mol. The van der Waals surface area contributed by atoms with E-state index in [9.17, 15) is 4.79 Å². The number of fused-ring (bicyclic) bond motifs is 1. The maximum atomic E-state index is 12.0. The smallest absolute Gasteiger partial charge is 0.269 e. The first-order chi connectivity index (χ1) is 10.5. The lowest BCUT2D eigenvalue weighted by Gasteiger charge is -2.46. The van der Waals surface area contributed by atoms with E-state index in [2.05, 4.69) is 21.8 Å². The fraction of sp³-hybridized carbons (Fsp3) is 0.688. The van der Waals surface area contributed by atoms with Crippen LogP contribution < -0.4 is 0 Å². The van der Waals surface area contributed by atoms with E-state index < -0.39 is 0 Å². The van der Waals surface area contributed by atoms with Crippen molar-refractivity contribution < 1.29 is 9.53 Å². The lowest BCUT2D eigenvalue weighted by atomic mass is 9.99. The molecule has 1 aromatic heterocycles. The minimum absolute atomic E-state index is 0.0171. The first-order valence-corrected chi connectivity index (χ1v) is 7.98. The van der Waals surface area contributed by atoms with Crippen LogP contribution in [0.5, 0.6) is 0 Å². The van der Waals surface area contributed by atoms with Gasteiger partial charge in [0.05, 0.1) is 12.7 Å². The highest BCUT2D eigenvalue weighted by molar-refractivity contribution is 5.92. The summed E-state index contributed by atoms with van der Waals surface area (Å²) >= 11 is 0. The van der Waals surface area contributed by atoms with Gasteiger partial charge in [-0.1, -0.05) is 0 Å². The van der Waals surface area contributed by atoms with E-state index in [1.54, 1.807) is 19.0 Å². The van der Waals surface area contributed by atoms with E-state index >= 15 is 0 Å². The van der Waals surface area contributed by atoms with Crippen molar-refractivity contribution in [1.82, 2.24) is 19.7 Å². The Kier molecular flexibility index (Phi) is 4.52. The number of amides is 1. The minimum Gasteiger partial charge on any atom is -0.375 e. The molecular formula is C16H26N4O2. The van der Waals surface area contributed by atoms with Crippen molar-refractivity contribution in [1.29, 1.82) is 0 Å². The fourth-order valence-electron chi connectivity index (χ4n) is 3.41. The van der Waals surface area contributed by atoms with Gasteiger partial charge in [0.15, 0.2) is 0 Å². The number of H-pyrrole nitrogens is 1. The van der Waals surface area contributed by atoms with Gasteiger partial charge >= 0.3 is 0 Å². The Hall–Kier alpha value is -1.37. The molecule has 3 heterocycles. The second-order valence-corrected chi connectivity index (χ2v) is 6.59. The van der Waals surface area contributed by atoms with Gasteiger partial charge in [0, 0.05) is 52.0 Å². The Labute approximate surface area is 132 Å². The van der Waals surface area contributed by atoms with Crippen LogP contribution in [-0.2, 0) is 11.3 Å². The van der Waals surface area contributed by atoms with Crippen molar-refractivity contribution >= 4 is 5.91 Å². The molecule has 22 heavy (non-hydrogen) atoms. The Balaban J connectivity index is 1.68. The van der Waals surface area contributed by atoms with Crippen LogP contribution in [-0.4, -0.2) is 85.1 Å². The number of rotatable bonds is 3. The molecule has 0 bridgehead atoms. The number of hydrogen-bond donors (Lipinski definition) is 1. The number of carbonyl (C=O) groups excluding carboxylic acids is 1. The average Bonchev–Trinajstić information content (AvgIpc) is 2.95. The van der Waals surface area contributed by atoms with Crippen molar-refractivity contribution in [2.45, 2.75) is 25.1 Å². The number of likely N-dealkylation sites (N-methyl/N-ethyl adjacent to an activating group) is 1. The molecule has 2 atom stereocenters. The maximum absolute atomic E-state index is 12.0. The second kappa shape index (κ2) is 6.40. The number of nitrogens with zero attached hydrogens (tertiary/aromatic N) is 3. The molecule has 2 aliphatic heterocycles. The molecule has 6 nitrogen and oxygen atoms in total. The molecule has 1 N–H and O–H groups in total. The Morgan fingerprint density at radius 3 is 3.00 bits per heavy atom. The average molecular weight is 306 g/mol. The largest absolute Gasteiger partial charge is 0.375 e. The predicted molar refractivity (Wildman–Crippen MR) is 84.9 cm³/mol. The fourth-order valence-corrected chi connectivity index (χ4v) is 3.41. The third-order valence-corrected chi connectivity index (χ3v) is 4.66. The van der Waals surface area contributed by atoms with Gasteiger partial charge in [-0.05, 0) is 25.6 Å². The Morgan fingerprint density at radius 2 is 2.23 bits per heavy atom. The molecule has 0 aromatic carbocycles. The van der Waals surface area contributed by atoms with Gasteiger partial charge in [0.1, 0.15) is 5.69 Å². The molecule has 6 heteroatoms. The van der Waals surface area contributed by atoms with Crippen molar-refractivity contribution in [2.24, 2.45) is 0 Å². The predicted octanol–water partition coefficient (Wildman–Crippen LogP) is 0.621. The normalized spacial score (nSPS) is 26.7. The number of nitrogens with one attached hydrogen (secondary N) is 1. The summed E-state index contributed by atoms with van der Waals surface area (Å²) in [6.07, 6.45) is 1.45. The summed E-state index contributed by atoms with van der Waals surface area (Å²) in [6.45, 7) is 4.76. The van der Waals surface area contributed by atoms with Crippen molar-refractivity contribution in [3.05, 3.63) is 23.5 Å². The zero-order chi connectivity index (χ0) is 15.7. The molecule has 122 valence electrons. The van der Waals surface area contributed by atoms with Crippen LogP contribution >= 0.6 is 0 Å². The molecule has 0 saturated carbocycles. The van der Waals surface area contributed by atoms with Crippen molar-refractivity contribution in [3.8, 4) is 0 Å². The van der Waals surface area contributed by atoms with Crippen LogP contribution in [0.15, 0.2) is 12.1 Å². The van der Waals surface area contributed by atoms with Gasteiger partial charge in [-0.3, -0.25) is 9.69 Å². The summed E-state index contributed by atoms with van der Waals surface area (Å²) in [7, 11) is 5.71. The first-order valence-electron chi connectivity index (χ1n) is 7.98. The Bertz CT molecular complexity index is 528. The van der Waals surface area contributed by atoms with Gasteiger partial charge in [-0.2, -0.15) is 0 Å². The van der Waals surface area contributed by atoms with E-state index in [0.29, 0.717) is 17.8 Å². The van der Waals surface area contributed by atoms with Crippen LogP contribution in [0, 0.1) is 0 Å². The third kappa shape index (κ3) is 3.19. The number of likely N-dealkylation sites (tertiary alicyclic amines) is 1. The number of aromatic nitrogens is 1. The number of aromatic amines is 1. The number of ether oxygens (including phenoxy) is 1. The van der Waals surface area contributed by atoms with E-state index in [-0.39, 0.29) is 5.91 Å². The second-order valence-electron chi connectivity index (χ2n) is 6.59. The molecule has 0 spiro atoms. The molecule has 1 amide bonds. The number of morpholine rings is 1. The van der Waals surface area contributed by atoms with E-state index in [1.807, 2.05) is 12.1 Å². The van der Waals surface area contributed by atoms with Crippen molar-refractivity contribution in [2.75, 3.05) is 47.4 Å². The lowest BCUT2D eigenvalue weighted by Crippen LogP contribution is -2.58. The summed E-state index contributed by atoms with van der Waals surface area (Å²) in [5, 5.41) is 0. The zero-order valence-electron chi connectivity index (χ0n) is 13.7. The number of carbonyl (C=O) groups is 1. The molecule has 0 aliphatic carbocycles. The standard InChI is InChI=1S/C16H26N4O2/c1-18(2)16(21)13-5-4-12(17-13)10-20-8-9-22-15-6-7-19(3)11-14(15)20/h4-5,14-15,17H,6-11H2,1-3H3. The maximum Gasteiger partial charge on any atom is 0.269 e. The van der Waals surface area contributed by atoms with E-state index in [1.165, 1.54) is 0 Å². The minimum atomic E-state index is 0.0171. The van der Waals surface area contributed by atoms with Crippen LogP contribution in [0.1, 0.15) is 22.6 Å². The highest BCUT2D eigenvalue weighted by Crippen LogP contribution is 2.23. The third-order valence-electron chi connectivity index (χ3n) is 4.66. The number of piperidine rings is 1. The van der Waals surface area contributed by atoms with Crippen LogP contribution in [0.3, 0.4) is 0 Å². The molecule has 2 unspecified atom stereocenters. The molecule has 2 aliphatic rings. The van der Waals surface area contributed by atoms with Crippen LogP contribution in [0.25, 0.3) is 0 Å². The van der Waals surface area contributed by atoms with Crippen LogP contribution in [0.4, 0.5) is 0 Å². The summed E-state index contributed by atoms with van der Waals surface area (Å²) < 4.78 is 5.93. The van der Waals surface area contributed by atoms with Crippen LogP contribution in [0.2, 0.25) is 0 Å². The molecule has 1 aromatic rings. The van der Waals surface area contributed by atoms with E-state index in [0.717, 1.165) is 44.9 Å². The van der Waals surface area contributed by atoms with Gasteiger partial charge in [-0.25, -0.2) is 0 Å². The highest BCUT2D eigenvalue weighted by Gasteiger charge is 2.36. The summed E-state index contributed by atoms with van der Waals surface area (Å²) in [5.74, 6) is 0.0171. The highest BCUT2D eigenvalue weighted by atomic mass is 16.5.